The highest BCUT2D eigenvalue weighted by atomic mass is 15.2. The number of hydrogen-bond donors (Lipinski definition) is 1. The first-order valence-electron chi connectivity index (χ1n) is 7.34. The van der Waals surface area contributed by atoms with Gasteiger partial charge in [0, 0.05) is 18.6 Å². The molecule has 2 aliphatic heterocycles. The molecule has 0 saturated carbocycles. The Labute approximate surface area is 110 Å². The van der Waals surface area contributed by atoms with Crippen molar-refractivity contribution in [1.82, 2.24) is 10.2 Å². The smallest absolute Gasteiger partial charge is 0.0208 e. The van der Waals surface area contributed by atoms with Crippen molar-refractivity contribution in [2.24, 2.45) is 0 Å². The van der Waals surface area contributed by atoms with Crippen LogP contribution in [0.4, 0.5) is 0 Å². The molecule has 1 N–H and O–H groups in total. The van der Waals surface area contributed by atoms with Crippen LogP contribution in [0.3, 0.4) is 0 Å². The van der Waals surface area contributed by atoms with Gasteiger partial charge >= 0.3 is 0 Å². The Morgan fingerprint density at radius 3 is 2.83 bits per heavy atom. The molecule has 2 aliphatic rings. The number of nitrogens with zero attached hydrogens (tertiary/aromatic N) is 1. The van der Waals surface area contributed by atoms with Gasteiger partial charge in [0.2, 0.25) is 0 Å². The molecule has 0 bridgehead atoms. The van der Waals surface area contributed by atoms with Crippen molar-refractivity contribution in [2.75, 3.05) is 13.1 Å². The van der Waals surface area contributed by atoms with E-state index in [0.717, 1.165) is 18.6 Å². The van der Waals surface area contributed by atoms with Crippen LogP contribution in [0.15, 0.2) is 24.3 Å². The summed E-state index contributed by atoms with van der Waals surface area (Å²) in [7, 11) is 0. The van der Waals surface area contributed by atoms with Crippen molar-refractivity contribution in [2.45, 2.75) is 51.2 Å². The van der Waals surface area contributed by atoms with E-state index in [0.29, 0.717) is 0 Å². The summed E-state index contributed by atoms with van der Waals surface area (Å²) in [5.74, 6) is 0. The normalized spacial score (nSPS) is 28.3. The fourth-order valence-corrected chi connectivity index (χ4v) is 3.38. The molecule has 2 heteroatoms. The van der Waals surface area contributed by atoms with Crippen LogP contribution in [0.5, 0.6) is 0 Å². The van der Waals surface area contributed by atoms with Gasteiger partial charge in [-0.1, -0.05) is 29.8 Å². The predicted octanol–water partition coefficient (Wildman–Crippen LogP) is 2.71. The number of rotatable bonds is 3. The Bertz CT molecular complexity index is 385. The van der Waals surface area contributed by atoms with E-state index >= 15 is 0 Å². The minimum Gasteiger partial charge on any atom is -0.310 e. The van der Waals surface area contributed by atoms with Gasteiger partial charge in [-0.2, -0.15) is 0 Å². The van der Waals surface area contributed by atoms with E-state index in [-0.39, 0.29) is 0 Å². The topological polar surface area (TPSA) is 15.3 Å². The summed E-state index contributed by atoms with van der Waals surface area (Å²) < 4.78 is 0. The van der Waals surface area contributed by atoms with E-state index in [2.05, 4.69) is 41.4 Å². The van der Waals surface area contributed by atoms with Crippen molar-refractivity contribution >= 4 is 0 Å². The number of benzene rings is 1. The molecule has 2 nitrogen and oxygen atoms in total. The molecule has 2 fully saturated rings. The molecule has 98 valence electrons. The van der Waals surface area contributed by atoms with Crippen molar-refractivity contribution in [1.29, 1.82) is 0 Å². The maximum Gasteiger partial charge on any atom is 0.0208 e. The quantitative estimate of drug-likeness (QED) is 0.879. The van der Waals surface area contributed by atoms with Gasteiger partial charge in [0.25, 0.3) is 0 Å². The molecule has 0 aromatic heterocycles. The van der Waals surface area contributed by atoms with Crippen LogP contribution in [0.1, 0.15) is 36.8 Å². The summed E-state index contributed by atoms with van der Waals surface area (Å²) in [6, 6.07) is 10.5. The minimum atomic E-state index is 0.727. The zero-order valence-electron chi connectivity index (χ0n) is 11.4. The Morgan fingerprint density at radius 1 is 1.17 bits per heavy atom. The van der Waals surface area contributed by atoms with Crippen LogP contribution in [0, 0.1) is 6.92 Å². The second kappa shape index (κ2) is 5.41. The average molecular weight is 244 g/mol. The Morgan fingerprint density at radius 2 is 2.00 bits per heavy atom. The molecule has 1 aromatic carbocycles. The Hall–Kier alpha value is -0.860. The molecule has 18 heavy (non-hydrogen) atoms. The van der Waals surface area contributed by atoms with Crippen molar-refractivity contribution in [3.63, 3.8) is 0 Å². The largest absolute Gasteiger partial charge is 0.310 e. The highest BCUT2D eigenvalue weighted by Crippen LogP contribution is 2.26. The summed E-state index contributed by atoms with van der Waals surface area (Å²) in [5.41, 5.74) is 2.76. The number of nitrogens with one attached hydrogen (secondary N) is 1. The minimum absolute atomic E-state index is 0.727. The van der Waals surface area contributed by atoms with Gasteiger partial charge in [0.1, 0.15) is 0 Å². The standard InChI is InChI=1S/C16H24N2/c1-13-4-6-14(7-5-13)12-17-15-8-10-18-9-2-3-16(18)11-15/h4-7,15-17H,2-3,8-12H2,1H3. The van der Waals surface area contributed by atoms with Crippen LogP contribution in [0.2, 0.25) is 0 Å². The highest BCUT2D eigenvalue weighted by molar-refractivity contribution is 5.21. The molecule has 0 aliphatic carbocycles. The molecule has 2 saturated heterocycles. The molecular weight excluding hydrogens is 220 g/mol. The molecule has 3 rings (SSSR count). The van der Waals surface area contributed by atoms with Crippen LogP contribution >= 0.6 is 0 Å². The summed E-state index contributed by atoms with van der Waals surface area (Å²) >= 11 is 0. The van der Waals surface area contributed by atoms with E-state index in [1.54, 1.807) is 0 Å². The molecular formula is C16H24N2. The van der Waals surface area contributed by atoms with Gasteiger partial charge in [-0.3, -0.25) is 0 Å². The van der Waals surface area contributed by atoms with E-state index in [1.165, 1.54) is 49.9 Å². The lowest BCUT2D eigenvalue weighted by atomic mass is 9.97. The highest BCUT2D eigenvalue weighted by Gasteiger charge is 2.31. The Balaban J connectivity index is 1.50. The van der Waals surface area contributed by atoms with Crippen LogP contribution in [0.25, 0.3) is 0 Å². The van der Waals surface area contributed by atoms with E-state index in [9.17, 15) is 0 Å². The zero-order valence-corrected chi connectivity index (χ0v) is 11.4. The third kappa shape index (κ3) is 2.76. The fraction of sp³-hybridized carbons (Fsp3) is 0.625. The van der Waals surface area contributed by atoms with Crippen LogP contribution < -0.4 is 5.32 Å². The van der Waals surface area contributed by atoms with Crippen molar-refractivity contribution in [3.8, 4) is 0 Å². The SMILES string of the molecule is Cc1ccc(CNC2CCN3CCCC3C2)cc1. The lowest BCUT2D eigenvalue weighted by Crippen LogP contribution is -2.45. The first-order chi connectivity index (χ1) is 8.81. The number of aryl methyl sites for hydroxylation is 1. The summed E-state index contributed by atoms with van der Waals surface area (Å²) in [6.45, 7) is 5.82. The van der Waals surface area contributed by atoms with Gasteiger partial charge in [-0.05, 0) is 51.3 Å². The first kappa shape index (κ1) is 12.2. The molecule has 0 amide bonds. The van der Waals surface area contributed by atoms with Gasteiger partial charge in [-0.15, -0.1) is 0 Å². The third-order valence-corrected chi connectivity index (χ3v) is 4.54. The molecule has 2 unspecified atom stereocenters. The summed E-state index contributed by atoms with van der Waals surface area (Å²) in [4.78, 5) is 2.68. The fourth-order valence-electron chi connectivity index (χ4n) is 3.38. The van der Waals surface area contributed by atoms with Gasteiger partial charge in [0.05, 0.1) is 0 Å². The molecule has 0 spiro atoms. The molecule has 2 atom stereocenters. The molecule has 2 heterocycles. The second-order valence-electron chi connectivity index (χ2n) is 5.92. The second-order valence-corrected chi connectivity index (χ2v) is 5.92. The van der Waals surface area contributed by atoms with Gasteiger partial charge < -0.3 is 10.2 Å². The summed E-state index contributed by atoms with van der Waals surface area (Å²) in [6.07, 6.45) is 5.51. The van der Waals surface area contributed by atoms with E-state index in [1.807, 2.05) is 0 Å². The van der Waals surface area contributed by atoms with Gasteiger partial charge in [-0.25, -0.2) is 0 Å². The predicted molar refractivity (Wildman–Crippen MR) is 75.6 cm³/mol. The third-order valence-electron chi connectivity index (χ3n) is 4.54. The van der Waals surface area contributed by atoms with Crippen molar-refractivity contribution in [3.05, 3.63) is 35.4 Å². The summed E-state index contributed by atoms with van der Waals surface area (Å²) in [5, 5.41) is 3.74. The van der Waals surface area contributed by atoms with E-state index in [4.69, 9.17) is 0 Å². The lowest BCUT2D eigenvalue weighted by Gasteiger charge is -2.35. The van der Waals surface area contributed by atoms with Gasteiger partial charge in [0.15, 0.2) is 0 Å². The molecule has 1 aromatic rings. The maximum absolute atomic E-state index is 3.74. The monoisotopic (exact) mass is 244 g/mol. The maximum atomic E-state index is 3.74. The zero-order chi connectivity index (χ0) is 12.4. The first-order valence-corrected chi connectivity index (χ1v) is 7.34. The Kier molecular flexibility index (Phi) is 3.67. The number of piperidine rings is 1. The lowest BCUT2D eigenvalue weighted by molar-refractivity contribution is 0.166. The van der Waals surface area contributed by atoms with Crippen molar-refractivity contribution < 1.29 is 0 Å². The molecule has 0 radical (unpaired) electrons. The average Bonchev–Trinajstić information content (AvgIpc) is 2.85. The van der Waals surface area contributed by atoms with E-state index < -0.39 is 0 Å². The number of hydrogen-bond acceptors (Lipinski definition) is 2. The van der Waals surface area contributed by atoms with Crippen LogP contribution in [-0.2, 0) is 6.54 Å². The van der Waals surface area contributed by atoms with Crippen LogP contribution in [-0.4, -0.2) is 30.1 Å². The number of fused-ring (bicyclic) bond motifs is 1.